The summed E-state index contributed by atoms with van der Waals surface area (Å²) in [5, 5.41) is 8.98. The predicted octanol–water partition coefficient (Wildman–Crippen LogP) is 1.95. The topological polar surface area (TPSA) is 94.1 Å². The van der Waals surface area contributed by atoms with E-state index in [0.29, 0.717) is 10.7 Å². The molecular formula is C13H10F2N6S. The highest BCUT2D eigenvalue weighted by molar-refractivity contribution is 7.15. The molecule has 9 heteroatoms. The summed E-state index contributed by atoms with van der Waals surface area (Å²) in [5.41, 5.74) is 10.7. The second-order valence-corrected chi connectivity index (χ2v) is 5.14. The Morgan fingerprint density at radius 3 is 2.68 bits per heavy atom. The van der Waals surface area contributed by atoms with Crippen molar-refractivity contribution >= 4 is 28.5 Å². The fourth-order valence-electron chi connectivity index (χ4n) is 1.98. The molecule has 3 rings (SSSR count). The van der Waals surface area contributed by atoms with E-state index in [2.05, 4.69) is 15.2 Å². The molecule has 0 unspecified atom stereocenters. The van der Waals surface area contributed by atoms with Crippen LogP contribution in [0.1, 0.15) is 5.69 Å². The van der Waals surface area contributed by atoms with E-state index in [1.54, 1.807) is 16.0 Å². The van der Waals surface area contributed by atoms with Gasteiger partial charge in [0.25, 0.3) is 0 Å². The minimum atomic E-state index is -0.706. The van der Waals surface area contributed by atoms with Gasteiger partial charge in [-0.2, -0.15) is 5.10 Å². The molecule has 0 bridgehead atoms. The van der Waals surface area contributed by atoms with Crippen LogP contribution >= 0.6 is 11.3 Å². The Bertz CT molecular complexity index is 871. The number of guanidine groups is 1. The molecule has 2 heterocycles. The second-order valence-electron chi connectivity index (χ2n) is 4.27. The third-order valence-corrected chi connectivity index (χ3v) is 3.61. The van der Waals surface area contributed by atoms with Crippen LogP contribution in [0, 0.1) is 11.6 Å². The quantitative estimate of drug-likeness (QED) is 0.439. The maximum atomic E-state index is 14.0. The minimum Gasteiger partial charge on any atom is -0.369 e. The first-order valence-corrected chi connectivity index (χ1v) is 6.98. The predicted molar refractivity (Wildman–Crippen MR) is 81.8 cm³/mol. The lowest BCUT2D eigenvalue weighted by Gasteiger charge is -2.03. The molecule has 0 atom stereocenters. The van der Waals surface area contributed by atoms with Gasteiger partial charge in [-0.1, -0.05) is 6.07 Å². The first kappa shape index (κ1) is 14.1. The Kier molecular flexibility index (Phi) is 3.55. The van der Waals surface area contributed by atoms with E-state index in [4.69, 9.17) is 11.5 Å². The molecule has 4 N–H and O–H groups in total. The summed E-state index contributed by atoms with van der Waals surface area (Å²) >= 11 is 1.33. The van der Waals surface area contributed by atoms with E-state index < -0.39 is 11.6 Å². The second kappa shape index (κ2) is 5.53. The number of halogens is 2. The molecule has 0 radical (unpaired) electrons. The van der Waals surface area contributed by atoms with Crippen LogP contribution in [0.15, 0.2) is 40.0 Å². The van der Waals surface area contributed by atoms with Crippen molar-refractivity contribution in [1.29, 1.82) is 0 Å². The molecule has 2 aromatic heterocycles. The number of fused-ring (bicyclic) bond motifs is 1. The largest absolute Gasteiger partial charge is 0.369 e. The molecule has 0 aliphatic carbocycles. The zero-order chi connectivity index (χ0) is 15.7. The van der Waals surface area contributed by atoms with Crippen LogP contribution in [0.5, 0.6) is 0 Å². The fourth-order valence-corrected chi connectivity index (χ4v) is 2.71. The molecule has 1 aromatic carbocycles. The minimum absolute atomic E-state index is 0.136. The van der Waals surface area contributed by atoms with Gasteiger partial charge in [0.15, 0.2) is 4.96 Å². The lowest BCUT2D eigenvalue weighted by molar-refractivity contribution is 0.589. The van der Waals surface area contributed by atoms with Crippen LogP contribution in [0.3, 0.4) is 0 Å². The first-order valence-electron chi connectivity index (χ1n) is 6.10. The molecule has 0 aliphatic rings. The first-order chi connectivity index (χ1) is 10.6. The van der Waals surface area contributed by atoms with E-state index in [1.165, 1.54) is 35.8 Å². The summed E-state index contributed by atoms with van der Waals surface area (Å²) in [4.78, 5) is 4.83. The summed E-state index contributed by atoms with van der Waals surface area (Å²) in [6.07, 6.45) is 3.01. The summed E-state index contributed by atoms with van der Waals surface area (Å²) < 4.78 is 29.7. The van der Waals surface area contributed by atoms with E-state index in [-0.39, 0.29) is 17.2 Å². The molecule has 0 fully saturated rings. The lowest BCUT2D eigenvalue weighted by atomic mass is 10.1. The Hall–Kier alpha value is -2.81. The van der Waals surface area contributed by atoms with Crippen LogP contribution in [0.25, 0.3) is 16.2 Å². The van der Waals surface area contributed by atoms with Crippen molar-refractivity contribution < 1.29 is 8.78 Å². The van der Waals surface area contributed by atoms with Crippen LogP contribution in [0.4, 0.5) is 8.78 Å². The van der Waals surface area contributed by atoms with Crippen molar-refractivity contribution in [3.63, 3.8) is 0 Å². The highest BCUT2D eigenvalue weighted by atomic mass is 32.1. The van der Waals surface area contributed by atoms with Crippen LogP contribution in [-0.2, 0) is 0 Å². The van der Waals surface area contributed by atoms with Crippen LogP contribution < -0.4 is 11.5 Å². The third kappa shape index (κ3) is 2.42. The summed E-state index contributed by atoms with van der Waals surface area (Å²) in [6.45, 7) is 0. The number of thiazole rings is 1. The van der Waals surface area contributed by atoms with Gasteiger partial charge in [0, 0.05) is 11.6 Å². The van der Waals surface area contributed by atoms with Gasteiger partial charge >= 0.3 is 0 Å². The third-order valence-electron chi connectivity index (χ3n) is 2.85. The zero-order valence-electron chi connectivity index (χ0n) is 11.1. The van der Waals surface area contributed by atoms with Gasteiger partial charge in [-0.3, -0.25) is 4.40 Å². The normalized spacial score (nSPS) is 11.4. The van der Waals surface area contributed by atoms with Crippen LogP contribution in [-0.4, -0.2) is 21.6 Å². The summed E-state index contributed by atoms with van der Waals surface area (Å²) in [6, 6.07) is 3.63. The highest BCUT2D eigenvalue weighted by Gasteiger charge is 2.20. The van der Waals surface area contributed by atoms with Gasteiger partial charge in [-0.05, 0) is 12.1 Å². The number of aromatic nitrogens is 2. The fraction of sp³-hybridized carbons (Fsp3) is 0. The van der Waals surface area contributed by atoms with E-state index >= 15 is 0 Å². The van der Waals surface area contributed by atoms with Crippen molar-refractivity contribution in [3.8, 4) is 11.3 Å². The molecule has 0 amide bonds. The van der Waals surface area contributed by atoms with Gasteiger partial charge in [-0.15, -0.1) is 16.4 Å². The molecule has 0 aliphatic heterocycles. The van der Waals surface area contributed by atoms with Gasteiger partial charge in [0.1, 0.15) is 17.3 Å². The standard InChI is InChI=1S/C13H10F2N6S/c14-7-2-1-3-8(15)10(7)11-9(6-18-20-12(16)17)21-4-5-22-13(21)19-11/h1-6H,(H4,16,17,20)/b18-6+. The van der Waals surface area contributed by atoms with Crippen molar-refractivity contribution in [2.24, 2.45) is 21.7 Å². The summed E-state index contributed by atoms with van der Waals surface area (Å²) in [5.74, 6) is -1.63. The van der Waals surface area contributed by atoms with Crippen molar-refractivity contribution in [3.05, 3.63) is 47.1 Å². The van der Waals surface area contributed by atoms with E-state index in [1.807, 2.05) is 0 Å². The monoisotopic (exact) mass is 320 g/mol. The van der Waals surface area contributed by atoms with Gasteiger partial charge in [0.05, 0.1) is 17.5 Å². The Balaban J connectivity index is 2.23. The maximum Gasteiger partial charge on any atom is 0.211 e. The number of imidazole rings is 1. The number of hydrogen-bond acceptors (Lipinski definition) is 4. The smallest absolute Gasteiger partial charge is 0.211 e. The number of nitrogens with two attached hydrogens (primary N) is 2. The zero-order valence-corrected chi connectivity index (χ0v) is 11.9. The molecule has 0 spiro atoms. The Morgan fingerprint density at radius 2 is 2.00 bits per heavy atom. The molecule has 6 nitrogen and oxygen atoms in total. The lowest BCUT2D eigenvalue weighted by Crippen LogP contribution is -2.21. The number of hydrogen-bond donors (Lipinski definition) is 2. The molecular weight excluding hydrogens is 310 g/mol. The van der Waals surface area contributed by atoms with Crippen molar-refractivity contribution in [1.82, 2.24) is 9.38 Å². The van der Waals surface area contributed by atoms with Crippen molar-refractivity contribution in [2.45, 2.75) is 0 Å². The van der Waals surface area contributed by atoms with Crippen LogP contribution in [0.2, 0.25) is 0 Å². The van der Waals surface area contributed by atoms with Gasteiger partial charge < -0.3 is 11.5 Å². The van der Waals surface area contributed by atoms with Gasteiger partial charge in [-0.25, -0.2) is 13.8 Å². The average Bonchev–Trinajstić information content (AvgIpc) is 3.01. The molecule has 3 aromatic rings. The Labute approximate surface area is 127 Å². The number of rotatable bonds is 3. The maximum absolute atomic E-state index is 14.0. The summed E-state index contributed by atoms with van der Waals surface area (Å²) in [7, 11) is 0. The Morgan fingerprint density at radius 1 is 1.27 bits per heavy atom. The highest BCUT2D eigenvalue weighted by Crippen LogP contribution is 2.29. The molecule has 0 saturated heterocycles. The van der Waals surface area contributed by atoms with E-state index in [9.17, 15) is 8.78 Å². The van der Waals surface area contributed by atoms with Gasteiger partial charge in [0.2, 0.25) is 5.96 Å². The number of benzene rings is 1. The SMILES string of the molecule is NC(N)=N/N=C/c1c(-c2c(F)cccc2F)nc2sccn12. The van der Waals surface area contributed by atoms with Crippen molar-refractivity contribution in [2.75, 3.05) is 0 Å². The average molecular weight is 320 g/mol. The van der Waals surface area contributed by atoms with E-state index in [0.717, 1.165) is 0 Å². The molecule has 112 valence electrons. The number of nitrogens with zero attached hydrogens (tertiary/aromatic N) is 4. The molecule has 22 heavy (non-hydrogen) atoms. The molecule has 0 saturated carbocycles.